The normalized spacial score (nSPS) is 28.6. The number of ketones is 1. The lowest BCUT2D eigenvalue weighted by molar-refractivity contribution is -0.119. The molecule has 1 aliphatic carbocycles. The minimum atomic E-state index is -0.308. The lowest BCUT2D eigenvalue weighted by Gasteiger charge is -2.28. The van der Waals surface area contributed by atoms with Gasteiger partial charge in [0.2, 0.25) is 0 Å². The van der Waals surface area contributed by atoms with Crippen molar-refractivity contribution in [1.29, 1.82) is 0 Å². The Labute approximate surface area is 86.7 Å². The smallest absolute Gasteiger partial charge is 0.146 e. The summed E-state index contributed by atoms with van der Waals surface area (Å²) in [6.45, 7) is 5.54. The molecule has 1 rings (SSSR count). The zero-order valence-electron chi connectivity index (χ0n) is 9.49. The lowest BCUT2D eigenvalue weighted by Crippen LogP contribution is -2.39. The molecule has 0 aromatic carbocycles. The number of nitrogens with two attached hydrogens (primary N) is 1. The molecule has 0 saturated heterocycles. The van der Waals surface area contributed by atoms with E-state index < -0.39 is 0 Å². The average Bonchev–Trinajstić information content (AvgIpc) is 2.21. The molecule has 1 unspecified atom stereocenters. The zero-order chi connectivity index (χ0) is 11.1. The van der Waals surface area contributed by atoms with Crippen LogP contribution in [0.15, 0.2) is 0 Å². The van der Waals surface area contributed by atoms with Crippen molar-refractivity contribution in [2.45, 2.75) is 58.6 Å². The third-order valence-corrected chi connectivity index (χ3v) is 2.72. The molecule has 0 aliphatic heterocycles. The molecule has 1 atom stereocenters. The molecular weight excluding hydrogens is 178 g/mol. The van der Waals surface area contributed by atoms with Crippen molar-refractivity contribution in [2.75, 3.05) is 0 Å². The number of carbonyl (C=O) groups is 1. The summed E-state index contributed by atoms with van der Waals surface area (Å²) in [5, 5.41) is 9.22. The summed E-state index contributed by atoms with van der Waals surface area (Å²) >= 11 is 0. The summed E-state index contributed by atoms with van der Waals surface area (Å²) in [6, 6.07) is -0.308. The van der Waals surface area contributed by atoms with Crippen LogP contribution < -0.4 is 5.73 Å². The number of aliphatic hydroxyl groups is 1. The fourth-order valence-corrected chi connectivity index (χ4v) is 1.79. The zero-order valence-corrected chi connectivity index (χ0v) is 9.49. The van der Waals surface area contributed by atoms with Gasteiger partial charge in [-0.05, 0) is 38.5 Å². The third kappa shape index (κ3) is 4.20. The van der Waals surface area contributed by atoms with Crippen LogP contribution in [0.25, 0.3) is 0 Å². The Kier molecular flexibility index (Phi) is 6.75. The Bertz CT molecular complexity index is 163. The Morgan fingerprint density at radius 1 is 1.29 bits per heavy atom. The van der Waals surface area contributed by atoms with Gasteiger partial charge >= 0.3 is 0 Å². The SMILES string of the molecule is CC.CC(=O)C(N)C1CCC(O)CC1. The molecule has 1 saturated carbocycles. The molecule has 1 fully saturated rings. The van der Waals surface area contributed by atoms with Crippen molar-refractivity contribution < 1.29 is 9.90 Å². The van der Waals surface area contributed by atoms with Crippen LogP contribution in [0.2, 0.25) is 0 Å². The fraction of sp³-hybridized carbons (Fsp3) is 0.909. The summed E-state index contributed by atoms with van der Waals surface area (Å²) in [4.78, 5) is 10.9. The van der Waals surface area contributed by atoms with Crippen LogP contribution in [0.1, 0.15) is 46.5 Å². The van der Waals surface area contributed by atoms with Crippen molar-refractivity contribution in [3.05, 3.63) is 0 Å². The predicted molar refractivity (Wildman–Crippen MR) is 58.0 cm³/mol. The maximum Gasteiger partial charge on any atom is 0.146 e. The van der Waals surface area contributed by atoms with E-state index in [9.17, 15) is 9.90 Å². The molecule has 3 heteroatoms. The molecule has 0 aromatic rings. The van der Waals surface area contributed by atoms with Gasteiger partial charge in [0.1, 0.15) is 5.78 Å². The second kappa shape index (κ2) is 6.96. The Balaban J connectivity index is 0.000000791. The van der Waals surface area contributed by atoms with Gasteiger partial charge in [0.15, 0.2) is 0 Å². The first-order valence-corrected chi connectivity index (χ1v) is 5.55. The van der Waals surface area contributed by atoms with Crippen LogP contribution in [0.5, 0.6) is 0 Å². The highest BCUT2D eigenvalue weighted by Gasteiger charge is 2.26. The second-order valence-corrected chi connectivity index (χ2v) is 3.71. The van der Waals surface area contributed by atoms with E-state index in [2.05, 4.69) is 0 Å². The molecule has 3 N–H and O–H groups in total. The molecule has 0 heterocycles. The highest BCUT2D eigenvalue weighted by Crippen LogP contribution is 2.26. The van der Waals surface area contributed by atoms with Gasteiger partial charge in [0.25, 0.3) is 0 Å². The van der Waals surface area contributed by atoms with E-state index in [0.29, 0.717) is 5.92 Å². The molecule has 0 amide bonds. The average molecular weight is 201 g/mol. The third-order valence-electron chi connectivity index (χ3n) is 2.72. The largest absolute Gasteiger partial charge is 0.393 e. The molecular formula is C11H23NO2. The van der Waals surface area contributed by atoms with Crippen LogP contribution in [-0.2, 0) is 4.79 Å². The lowest BCUT2D eigenvalue weighted by atomic mass is 9.82. The van der Waals surface area contributed by atoms with Gasteiger partial charge in [-0.2, -0.15) is 0 Å². The molecule has 0 radical (unpaired) electrons. The topological polar surface area (TPSA) is 63.3 Å². The monoisotopic (exact) mass is 201 g/mol. The molecule has 0 spiro atoms. The van der Waals surface area contributed by atoms with Crippen molar-refractivity contribution in [3.8, 4) is 0 Å². The van der Waals surface area contributed by atoms with E-state index in [1.165, 1.54) is 6.92 Å². The van der Waals surface area contributed by atoms with Gasteiger partial charge in [-0.15, -0.1) is 0 Å². The van der Waals surface area contributed by atoms with Gasteiger partial charge in [-0.25, -0.2) is 0 Å². The van der Waals surface area contributed by atoms with Gasteiger partial charge in [0, 0.05) is 0 Å². The van der Waals surface area contributed by atoms with Gasteiger partial charge in [0.05, 0.1) is 12.1 Å². The van der Waals surface area contributed by atoms with E-state index in [0.717, 1.165) is 25.7 Å². The summed E-state index contributed by atoms with van der Waals surface area (Å²) < 4.78 is 0. The van der Waals surface area contributed by atoms with Crippen molar-refractivity contribution >= 4 is 5.78 Å². The molecule has 0 aromatic heterocycles. The van der Waals surface area contributed by atoms with E-state index >= 15 is 0 Å². The number of hydrogen-bond donors (Lipinski definition) is 2. The molecule has 84 valence electrons. The van der Waals surface area contributed by atoms with Gasteiger partial charge < -0.3 is 10.8 Å². The van der Waals surface area contributed by atoms with Gasteiger partial charge in [-0.3, -0.25) is 4.79 Å². The molecule has 1 aliphatic rings. The molecule has 0 bridgehead atoms. The van der Waals surface area contributed by atoms with Crippen molar-refractivity contribution in [1.82, 2.24) is 0 Å². The van der Waals surface area contributed by atoms with E-state index in [1.54, 1.807) is 0 Å². The Morgan fingerprint density at radius 2 is 1.71 bits per heavy atom. The van der Waals surface area contributed by atoms with Crippen molar-refractivity contribution in [3.63, 3.8) is 0 Å². The maximum absolute atomic E-state index is 10.9. The highest BCUT2D eigenvalue weighted by molar-refractivity contribution is 5.81. The van der Waals surface area contributed by atoms with Crippen molar-refractivity contribution in [2.24, 2.45) is 11.7 Å². The molecule has 14 heavy (non-hydrogen) atoms. The van der Waals surface area contributed by atoms with Crippen LogP contribution in [-0.4, -0.2) is 23.0 Å². The summed E-state index contributed by atoms with van der Waals surface area (Å²) in [6.07, 6.45) is 3.21. The predicted octanol–water partition coefficient (Wildman–Crippen LogP) is 1.48. The van der Waals surface area contributed by atoms with Crippen LogP contribution >= 0.6 is 0 Å². The minimum Gasteiger partial charge on any atom is -0.393 e. The summed E-state index contributed by atoms with van der Waals surface area (Å²) in [5.41, 5.74) is 5.71. The fourth-order valence-electron chi connectivity index (χ4n) is 1.79. The highest BCUT2D eigenvalue weighted by atomic mass is 16.3. The first-order chi connectivity index (χ1) is 6.61. The van der Waals surface area contributed by atoms with Gasteiger partial charge in [-0.1, -0.05) is 13.8 Å². The summed E-state index contributed by atoms with van der Waals surface area (Å²) in [5.74, 6) is 0.363. The van der Waals surface area contributed by atoms with E-state index in [-0.39, 0.29) is 17.9 Å². The van der Waals surface area contributed by atoms with Crippen LogP contribution in [0.3, 0.4) is 0 Å². The number of Topliss-reactive ketones (excluding diaryl/α,β-unsaturated/α-hetero) is 1. The Hall–Kier alpha value is -0.410. The first-order valence-electron chi connectivity index (χ1n) is 5.55. The Morgan fingerprint density at radius 3 is 2.07 bits per heavy atom. The number of carbonyl (C=O) groups excluding carboxylic acids is 1. The number of aliphatic hydroxyl groups excluding tert-OH is 1. The van der Waals surface area contributed by atoms with E-state index in [4.69, 9.17) is 5.73 Å². The van der Waals surface area contributed by atoms with Crippen LogP contribution in [0.4, 0.5) is 0 Å². The number of hydrogen-bond acceptors (Lipinski definition) is 3. The summed E-state index contributed by atoms with van der Waals surface area (Å²) in [7, 11) is 0. The van der Waals surface area contributed by atoms with E-state index in [1.807, 2.05) is 13.8 Å². The second-order valence-electron chi connectivity index (χ2n) is 3.71. The van der Waals surface area contributed by atoms with Crippen LogP contribution in [0, 0.1) is 5.92 Å². The molecule has 3 nitrogen and oxygen atoms in total. The maximum atomic E-state index is 10.9. The quantitative estimate of drug-likeness (QED) is 0.711. The number of rotatable bonds is 2. The minimum absolute atomic E-state index is 0.0661. The standard InChI is InChI=1S/C9H17NO2.C2H6/c1-6(11)9(10)7-2-4-8(12)5-3-7;1-2/h7-9,12H,2-5,10H2,1H3;1-2H3. The first kappa shape index (κ1) is 13.6.